The van der Waals surface area contributed by atoms with Crippen molar-refractivity contribution in [1.82, 2.24) is 0 Å². The molecule has 0 saturated carbocycles. The third-order valence-corrected chi connectivity index (χ3v) is 3.29. The summed E-state index contributed by atoms with van der Waals surface area (Å²) in [5.41, 5.74) is 4.83. The zero-order valence-electron chi connectivity index (χ0n) is 7.75. The number of aliphatic hydroxyl groups is 1. The SMILES string of the molecule is CC(C)(O)COC1=CC=C(N)I=C1. The summed E-state index contributed by atoms with van der Waals surface area (Å²) in [6.45, 7) is 3.75. The van der Waals surface area contributed by atoms with Crippen LogP contribution < -0.4 is 5.73 Å². The molecule has 0 spiro atoms. The average molecular weight is 295 g/mol. The number of hydrogen-bond donors (Lipinski definition) is 2. The Morgan fingerprint density at radius 1 is 1.54 bits per heavy atom. The number of allylic oxidation sites excluding steroid dienone is 3. The van der Waals surface area contributed by atoms with Crippen LogP contribution in [-0.4, -0.2) is 21.3 Å². The molecule has 1 rings (SSSR count). The Balaban J connectivity index is 2.45. The quantitative estimate of drug-likeness (QED) is 0.608. The van der Waals surface area contributed by atoms with E-state index in [1.54, 1.807) is 13.8 Å². The first kappa shape index (κ1) is 10.7. The molecule has 13 heavy (non-hydrogen) atoms. The molecule has 0 bridgehead atoms. The van der Waals surface area contributed by atoms with Crippen LogP contribution in [0.2, 0.25) is 0 Å². The first-order valence-corrected chi connectivity index (χ1v) is 6.29. The molecule has 0 aliphatic carbocycles. The van der Waals surface area contributed by atoms with E-state index in [0.29, 0.717) is 6.61 Å². The Kier molecular flexibility index (Phi) is 3.49. The largest absolute Gasteiger partial charge is 0.490 e. The van der Waals surface area contributed by atoms with E-state index in [1.807, 2.05) is 16.2 Å². The molecule has 1 heterocycles. The van der Waals surface area contributed by atoms with E-state index < -0.39 is 5.60 Å². The third-order valence-electron chi connectivity index (χ3n) is 1.29. The zero-order valence-corrected chi connectivity index (χ0v) is 9.91. The molecule has 0 aromatic carbocycles. The molecule has 0 aromatic heterocycles. The van der Waals surface area contributed by atoms with Crippen LogP contribution in [0.15, 0.2) is 21.6 Å². The van der Waals surface area contributed by atoms with Crippen molar-refractivity contribution in [1.29, 1.82) is 0 Å². The van der Waals surface area contributed by atoms with Crippen LogP contribution in [-0.2, 0) is 4.74 Å². The molecule has 0 unspecified atom stereocenters. The fraction of sp³-hybridized carbons (Fsp3) is 0.444. The molecule has 74 valence electrons. The Labute approximate surface area is 88.0 Å². The van der Waals surface area contributed by atoms with Crippen LogP contribution in [0.3, 0.4) is 0 Å². The van der Waals surface area contributed by atoms with E-state index in [-0.39, 0.29) is 20.7 Å². The number of nitrogens with two attached hydrogens (primary N) is 1. The summed E-state index contributed by atoms with van der Waals surface area (Å²) >= 11 is -0.198. The molecule has 0 radical (unpaired) electrons. The van der Waals surface area contributed by atoms with Crippen molar-refractivity contribution < 1.29 is 9.84 Å². The summed E-state index contributed by atoms with van der Waals surface area (Å²) in [5.74, 6) is 0.823. The lowest BCUT2D eigenvalue weighted by Crippen LogP contribution is -2.26. The summed E-state index contributed by atoms with van der Waals surface area (Å²) in [6.07, 6.45) is 3.71. The standard InChI is InChI=1S/C9H14INO2/c1-9(2,12)6-13-7-3-4-8(11)10-5-7/h3-5,12H,6,11H2,1-2H3. The molecule has 0 atom stereocenters. The van der Waals surface area contributed by atoms with Crippen molar-refractivity contribution in [2.24, 2.45) is 5.73 Å². The first-order valence-electron chi connectivity index (χ1n) is 3.97. The fourth-order valence-corrected chi connectivity index (χ4v) is 2.13. The minimum absolute atomic E-state index is 0.198. The van der Waals surface area contributed by atoms with Gasteiger partial charge in [-0.2, -0.15) is 0 Å². The molecular formula is C9H14INO2. The van der Waals surface area contributed by atoms with E-state index in [1.165, 1.54) is 0 Å². The number of hydrogen-bond acceptors (Lipinski definition) is 3. The molecule has 1 aliphatic heterocycles. The van der Waals surface area contributed by atoms with E-state index in [0.717, 1.165) is 9.46 Å². The lowest BCUT2D eigenvalue weighted by atomic mass is 10.2. The molecule has 4 heteroatoms. The second kappa shape index (κ2) is 4.23. The van der Waals surface area contributed by atoms with Gasteiger partial charge in [-0.25, -0.2) is 0 Å². The van der Waals surface area contributed by atoms with E-state index in [2.05, 4.69) is 0 Å². The maximum absolute atomic E-state index is 9.40. The van der Waals surface area contributed by atoms with Crippen molar-refractivity contribution in [3.63, 3.8) is 0 Å². The summed E-state index contributed by atoms with van der Waals surface area (Å²) in [5, 5.41) is 9.40. The average Bonchev–Trinajstić information content (AvgIpc) is 2.02. The van der Waals surface area contributed by atoms with Crippen LogP contribution in [0.1, 0.15) is 13.8 Å². The summed E-state index contributed by atoms with van der Waals surface area (Å²) in [4.78, 5) is 0. The van der Waals surface area contributed by atoms with Gasteiger partial charge in [-0.3, -0.25) is 0 Å². The van der Waals surface area contributed by atoms with E-state index >= 15 is 0 Å². The van der Waals surface area contributed by atoms with Crippen molar-refractivity contribution in [2.45, 2.75) is 19.4 Å². The van der Waals surface area contributed by atoms with Crippen LogP contribution in [0, 0.1) is 0 Å². The molecule has 0 aromatic rings. The van der Waals surface area contributed by atoms with E-state index in [4.69, 9.17) is 10.5 Å². The van der Waals surface area contributed by atoms with Gasteiger partial charge in [0.15, 0.2) is 0 Å². The van der Waals surface area contributed by atoms with Gasteiger partial charge in [0.1, 0.15) is 12.4 Å². The van der Waals surface area contributed by atoms with Gasteiger partial charge in [0, 0.05) is 4.01 Å². The first-order chi connectivity index (χ1) is 5.97. The second-order valence-corrected chi connectivity index (χ2v) is 5.93. The summed E-state index contributed by atoms with van der Waals surface area (Å²) < 4.78 is 8.33. The van der Waals surface area contributed by atoms with Gasteiger partial charge in [-0.1, -0.05) is 20.7 Å². The molecule has 3 N–H and O–H groups in total. The number of ether oxygens (including phenoxy) is 1. The zero-order chi connectivity index (χ0) is 9.90. The third kappa shape index (κ3) is 4.42. The molecule has 0 fully saturated rings. The van der Waals surface area contributed by atoms with Gasteiger partial charge in [0.05, 0.1) is 9.30 Å². The van der Waals surface area contributed by atoms with Crippen molar-refractivity contribution >= 4 is 24.7 Å². The lowest BCUT2D eigenvalue weighted by molar-refractivity contribution is 0.00785. The Morgan fingerprint density at radius 3 is 2.69 bits per heavy atom. The van der Waals surface area contributed by atoms with Crippen molar-refractivity contribution in [2.75, 3.05) is 6.61 Å². The monoisotopic (exact) mass is 295 g/mol. The number of rotatable bonds is 3. The molecule has 0 amide bonds. The van der Waals surface area contributed by atoms with Gasteiger partial charge < -0.3 is 15.6 Å². The highest BCUT2D eigenvalue weighted by molar-refractivity contribution is 14.2. The minimum Gasteiger partial charge on any atom is -0.490 e. The van der Waals surface area contributed by atoms with Gasteiger partial charge in [0.25, 0.3) is 0 Å². The van der Waals surface area contributed by atoms with Crippen LogP contribution in [0.4, 0.5) is 0 Å². The maximum atomic E-state index is 9.40. The van der Waals surface area contributed by atoms with E-state index in [9.17, 15) is 5.11 Å². The Morgan fingerprint density at radius 2 is 2.23 bits per heavy atom. The molecule has 0 saturated heterocycles. The minimum atomic E-state index is -0.778. The predicted molar refractivity (Wildman–Crippen MR) is 62.7 cm³/mol. The van der Waals surface area contributed by atoms with Gasteiger partial charge in [0.2, 0.25) is 0 Å². The smallest absolute Gasteiger partial charge is 0.125 e. The Hall–Kier alpha value is -0.360. The highest BCUT2D eigenvalue weighted by atomic mass is 127. The molecule has 1 aliphatic rings. The van der Waals surface area contributed by atoms with Crippen molar-refractivity contribution in [3.05, 3.63) is 21.6 Å². The molecular weight excluding hydrogens is 281 g/mol. The van der Waals surface area contributed by atoms with Crippen LogP contribution >= 0.6 is 20.7 Å². The lowest BCUT2D eigenvalue weighted by Gasteiger charge is -2.18. The predicted octanol–water partition coefficient (Wildman–Crippen LogP) is 1.24. The van der Waals surface area contributed by atoms with Gasteiger partial charge in [-0.05, 0) is 26.0 Å². The fourth-order valence-electron chi connectivity index (χ4n) is 0.691. The topological polar surface area (TPSA) is 55.5 Å². The van der Waals surface area contributed by atoms with Crippen LogP contribution in [0.5, 0.6) is 0 Å². The summed E-state index contributed by atoms with van der Waals surface area (Å²) in [6, 6.07) is 0. The number of halogens is 1. The Bertz CT molecular complexity index is 274. The van der Waals surface area contributed by atoms with Gasteiger partial charge >= 0.3 is 0 Å². The highest BCUT2D eigenvalue weighted by Gasteiger charge is 2.13. The maximum Gasteiger partial charge on any atom is 0.125 e. The second-order valence-electron chi connectivity index (χ2n) is 3.44. The van der Waals surface area contributed by atoms with Crippen molar-refractivity contribution in [3.8, 4) is 0 Å². The normalized spacial score (nSPS) is 17.2. The van der Waals surface area contributed by atoms with Crippen LogP contribution in [0.25, 0.3) is 0 Å². The molecule has 3 nitrogen and oxygen atoms in total. The summed E-state index contributed by atoms with van der Waals surface area (Å²) in [7, 11) is 0. The highest BCUT2D eigenvalue weighted by Crippen LogP contribution is 2.16. The van der Waals surface area contributed by atoms with Gasteiger partial charge in [-0.15, -0.1) is 0 Å².